The summed E-state index contributed by atoms with van der Waals surface area (Å²) in [5.41, 5.74) is 1.90. The van der Waals surface area contributed by atoms with Gasteiger partial charge in [0.05, 0.1) is 10.7 Å². The Labute approximate surface area is 176 Å². The maximum Gasteiger partial charge on any atom is 0.254 e. The first-order valence-electron chi connectivity index (χ1n) is 8.27. The Morgan fingerprint density at radius 1 is 1.35 bits per heavy atom. The van der Waals surface area contributed by atoms with Gasteiger partial charge in [0, 0.05) is 40.7 Å². The summed E-state index contributed by atoms with van der Waals surface area (Å²) in [6, 6.07) is 8.31. The molecule has 0 aliphatic carbocycles. The fourth-order valence-corrected chi connectivity index (χ4v) is 4.55. The van der Waals surface area contributed by atoms with E-state index in [9.17, 15) is 4.79 Å². The monoisotopic (exact) mass is 433 g/mol. The molecule has 4 nitrogen and oxygen atoms in total. The lowest BCUT2D eigenvalue weighted by molar-refractivity contribution is 0.0737. The minimum Gasteiger partial charge on any atom is -0.334 e. The van der Waals surface area contributed by atoms with Gasteiger partial charge in [-0.25, -0.2) is 4.98 Å². The molecule has 2 heterocycles. The number of benzene rings is 1. The summed E-state index contributed by atoms with van der Waals surface area (Å²) in [4.78, 5) is 20.4. The van der Waals surface area contributed by atoms with Crippen molar-refractivity contribution < 1.29 is 4.79 Å². The molecule has 1 N–H and O–H groups in total. The van der Waals surface area contributed by atoms with Crippen molar-refractivity contribution in [2.24, 2.45) is 0 Å². The fourth-order valence-electron chi connectivity index (χ4n) is 3.04. The first-order chi connectivity index (χ1) is 11.7. The molecule has 1 unspecified atom stereocenters. The van der Waals surface area contributed by atoms with Crippen LogP contribution in [0.4, 0.5) is 0 Å². The van der Waals surface area contributed by atoms with Crippen molar-refractivity contribution in [3.8, 4) is 0 Å². The lowest BCUT2D eigenvalue weighted by Gasteiger charge is -2.24. The van der Waals surface area contributed by atoms with E-state index in [0.29, 0.717) is 6.04 Å². The first kappa shape index (κ1) is 23.2. The molecular formula is C18H25Cl2N3OS2. The van der Waals surface area contributed by atoms with Gasteiger partial charge in [-0.1, -0.05) is 0 Å². The van der Waals surface area contributed by atoms with Gasteiger partial charge in [0.15, 0.2) is 0 Å². The zero-order valence-electron chi connectivity index (χ0n) is 14.9. The molecule has 0 bridgehead atoms. The van der Waals surface area contributed by atoms with Crippen LogP contribution in [0, 0.1) is 6.92 Å². The molecule has 1 fully saturated rings. The summed E-state index contributed by atoms with van der Waals surface area (Å²) >= 11 is 3.44. The molecule has 1 amide bonds. The van der Waals surface area contributed by atoms with Gasteiger partial charge >= 0.3 is 0 Å². The zero-order chi connectivity index (χ0) is 16.9. The number of thiazole rings is 1. The number of halogens is 2. The predicted octanol–water partition coefficient (Wildman–Crippen LogP) is 4.41. The highest BCUT2D eigenvalue weighted by Crippen LogP contribution is 2.25. The van der Waals surface area contributed by atoms with Gasteiger partial charge in [0.1, 0.15) is 0 Å². The Kier molecular flexibility index (Phi) is 9.97. The molecule has 1 aliphatic heterocycles. The summed E-state index contributed by atoms with van der Waals surface area (Å²) in [6.45, 7) is 3.76. The molecule has 0 radical (unpaired) electrons. The van der Waals surface area contributed by atoms with Crippen LogP contribution in [-0.2, 0) is 5.75 Å². The molecule has 8 heteroatoms. The van der Waals surface area contributed by atoms with Crippen LogP contribution in [0.5, 0.6) is 0 Å². The molecule has 144 valence electrons. The minimum atomic E-state index is 0. The van der Waals surface area contributed by atoms with E-state index in [1.807, 2.05) is 43.1 Å². The standard InChI is InChI=1S/C18H23N3OS2.2ClH/c1-13-20-15(11-23-13)12-24-17-7-5-14(6-8-17)18(22)21-9-3-4-16(21)10-19-2;;/h5-8,11,16,19H,3-4,9-10,12H2,1-2H3;2*1H. The topological polar surface area (TPSA) is 45.2 Å². The van der Waals surface area contributed by atoms with Gasteiger partial charge in [0.25, 0.3) is 5.91 Å². The number of hydrogen-bond donors (Lipinski definition) is 1. The summed E-state index contributed by atoms with van der Waals surface area (Å²) in [5.74, 6) is 1.02. The van der Waals surface area contributed by atoms with Gasteiger partial charge in [-0.15, -0.1) is 47.9 Å². The number of carbonyl (C=O) groups excluding carboxylic acids is 1. The first-order valence-corrected chi connectivity index (χ1v) is 10.1. The van der Waals surface area contributed by atoms with Crippen LogP contribution in [0.2, 0.25) is 0 Å². The number of thioether (sulfide) groups is 1. The largest absolute Gasteiger partial charge is 0.334 e. The maximum atomic E-state index is 12.7. The number of amides is 1. The van der Waals surface area contributed by atoms with Gasteiger partial charge in [-0.05, 0) is 51.1 Å². The number of aromatic nitrogens is 1. The lowest BCUT2D eigenvalue weighted by Crippen LogP contribution is -2.40. The van der Waals surface area contributed by atoms with E-state index in [2.05, 4.69) is 15.7 Å². The number of hydrogen-bond acceptors (Lipinski definition) is 5. The smallest absolute Gasteiger partial charge is 0.254 e. The lowest BCUT2D eigenvalue weighted by atomic mass is 10.1. The molecular weight excluding hydrogens is 409 g/mol. The normalized spacial score (nSPS) is 16.1. The van der Waals surface area contributed by atoms with Crippen molar-refractivity contribution in [2.45, 2.75) is 36.5 Å². The van der Waals surface area contributed by atoms with Gasteiger partial charge in [0.2, 0.25) is 0 Å². The van der Waals surface area contributed by atoms with Crippen molar-refractivity contribution in [2.75, 3.05) is 20.1 Å². The van der Waals surface area contributed by atoms with E-state index in [-0.39, 0.29) is 30.7 Å². The van der Waals surface area contributed by atoms with Crippen molar-refractivity contribution in [3.63, 3.8) is 0 Å². The molecule has 1 atom stereocenters. The van der Waals surface area contributed by atoms with Crippen LogP contribution in [-0.4, -0.2) is 42.0 Å². The minimum absolute atomic E-state index is 0. The number of likely N-dealkylation sites (N-methyl/N-ethyl adjacent to an activating group) is 1. The number of nitrogens with one attached hydrogen (secondary N) is 1. The van der Waals surface area contributed by atoms with Crippen LogP contribution in [0.1, 0.15) is 33.9 Å². The Morgan fingerprint density at radius 3 is 2.69 bits per heavy atom. The molecule has 3 rings (SSSR count). The zero-order valence-corrected chi connectivity index (χ0v) is 18.2. The number of carbonyl (C=O) groups is 1. The second kappa shape index (κ2) is 11.1. The van der Waals surface area contributed by atoms with Gasteiger partial charge < -0.3 is 10.2 Å². The molecule has 26 heavy (non-hydrogen) atoms. The van der Waals surface area contributed by atoms with Crippen LogP contribution >= 0.6 is 47.9 Å². The third-order valence-corrected chi connectivity index (χ3v) is 6.10. The highest BCUT2D eigenvalue weighted by atomic mass is 35.5. The van der Waals surface area contributed by atoms with Crippen LogP contribution < -0.4 is 5.32 Å². The highest BCUT2D eigenvalue weighted by molar-refractivity contribution is 7.98. The molecule has 0 spiro atoms. The SMILES string of the molecule is CNCC1CCCN1C(=O)c1ccc(SCc2csc(C)n2)cc1.Cl.Cl. The van der Waals surface area contributed by atoms with Crippen LogP contribution in [0.15, 0.2) is 34.5 Å². The van der Waals surface area contributed by atoms with Crippen molar-refractivity contribution in [1.82, 2.24) is 15.2 Å². The average Bonchev–Trinajstić information content (AvgIpc) is 3.22. The second-order valence-electron chi connectivity index (χ2n) is 6.02. The van der Waals surface area contributed by atoms with Crippen molar-refractivity contribution >= 4 is 53.8 Å². The number of rotatable bonds is 6. The van der Waals surface area contributed by atoms with Gasteiger partial charge in [-0.2, -0.15) is 0 Å². The average molecular weight is 434 g/mol. The van der Waals surface area contributed by atoms with E-state index >= 15 is 0 Å². The third-order valence-electron chi connectivity index (χ3n) is 4.23. The van der Waals surface area contributed by atoms with E-state index in [1.165, 1.54) is 4.90 Å². The Balaban J connectivity index is 0.00000169. The quantitative estimate of drug-likeness (QED) is 0.684. The fraction of sp³-hybridized carbons (Fsp3) is 0.444. The predicted molar refractivity (Wildman–Crippen MR) is 115 cm³/mol. The molecule has 0 saturated carbocycles. The summed E-state index contributed by atoms with van der Waals surface area (Å²) in [7, 11) is 1.94. The highest BCUT2D eigenvalue weighted by Gasteiger charge is 2.28. The molecule has 2 aromatic rings. The van der Waals surface area contributed by atoms with Crippen LogP contribution in [0.3, 0.4) is 0 Å². The molecule has 1 aromatic heterocycles. The van der Waals surface area contributed by atoms with Crippen molar-refractivity contribution in [3.05, 3.63) is 45.9 Å². The Bertz CT molecular complexity index is 694. The van der Waals surface area contributed by atoms with Crippen LogP contribution in [0.25, 0.3) is 0 Å². The van der Waals surface area contributed by atoms with E-state index in [1.54, 1.807) is 23.1 Å². The van der Waals surface area contributed by atoms with E-state index in [0.717, 1.165) is 47.9 Å². The summed E-state index contributed by atoms with van der Waals surface area (Å²) in [5, 5.41) is 6.40. The summed E-state index contributed by atoms with van der Waals surface area (Å²) < 4.78 is 0. The summed E-state index contributed by atoms with van der Waals surface area (Å²) in [6.07, 6.45) is 2.19. The van der Waals surface area contributed by atoms with Gasteiger partial charge in [-0.3, -0.25) is 4.79 Å². The maximum absolute atomic E-state index is 12.7. The Morgan fingerprint density at radius 2 is 2.08 bits per heavy atom. The molecule has 1 aromatic carbocycles. The Hall–Kier alpha value is -0.790. The number of aryl methyl sites for hydroxylation is 1. The number of likely N-dealkylation sites (tertiary alicyclic amines) is 1. The van der Waals surface area contributed by atoms with Crippen molar-refractivity contribution in [1.29, 1.82) is 0 Å². The second-order valence-corrected chi connectivity index (χ2v) is 8.13. The third kappa shape index (κ3) is 5.86. The van der Waals surface area contributed by atoms with E-state index < -0.39 is 0 Å². The van der Waals surface area contributed by atoms with E-state index in [4.69, 9.17) is 0 Å². The molecule has 1 aliphatic rings. The molecule has 1 saturated heterocycles. The number of nitrogens with zero attached hydrogens (tertiary/aromatic N) is 2.